The van der Waals surface area contributed by atoms with Crippen LogP contribution in [0.3, 0.4) is 0 Å². The number of amides is 1. The number of hydrogen-bond acceptors (Lipinski definition) is 2. The Balaban J connectivity index is 1.18. The van der Waals surface area contributed by atoms with E-state index in [4.69, 9.17) is 4.74 Å². The van der Waals surface area contributed by atoms with Gasteiger partial charge in [0.2, 0.25) is 5.91 Å². The average Bonchev–Trinajstić information content (AvgIpc) is 2.51. The average molecular weight is 319 g/mol. The molecule has 1 heterocycles. The van der Waals surface area contributed by atoms with Gasteiger partial charge in [0.05, 0.1) is 0 Å². The molecule has 0 atom stereocenters. The molecule has 5 rings (SSSR count). The molecule has 4 saturated carbocycles. The van der Waals surface area contributed by atoms with Gasteiger partial charge in [-0.15, -0.1) is 0 Å². The van der Waals surface area contributed by atoms with Crippen molar-refractivity contribution in [2.45, 2.75) is 70.6 Å². The van der Waals surface area contributed by atoms with Crippen molar-refractivity contribution in [3.05, 3.63) is 0 Å². The number of ether oxygens (including phenoxy) is 1. The van der Waals surface area contributed by atoms with E-state index >= 15 is 0 Å². The predicted octanol–water partition coefficient (Wildman–Crippen LogP) is 3.92. The van der Waals surface area contributed by atoms with Gasteiger partial charge in [0.1, 0.15) is 0 Å². The Morgan fingerprint density at radius 2 is 1.61 bits per heavy atom. The van der Waals surface area contributed by atoms with Gasteiger partial charge in [-0.05, 0) is 93.3 Å². The number of carbonyl (C=O) groups excluding carboxylic acids is 1. The fourth-order valence-corrected chi connectivity index (χ4v) is 6.56. The highest BCUT2D eigenvalue weighted by atomic mass is 16.5. The Morgan fingerprint density at radius 3 is 2.22 bits per heavy atom. The second-order valence-corrected chi connectivity index (χ2v) is 9.14. The predicted molar refractivity (Wildman–Crippen MR) is 91.0 cm³/mol. The van der Waals surface area contributed by atoms with Crippen molar-refractivity contribution < 1.29 is 9.53 Å². The van der Waals surface area contributed by atoms with Gasteiger partial charge in [-0.2, -0.15) is 0 Å². The zero-order valence-electron chi connectivity index (χ0n) is 14.5. The lowest BCUT2D eigenvalue weighted by molar-refractivity contribution is -0.129. The number of rotatable bonds is 6. The summed E-state index contributed by atoms with van der Waals surface area (Å²) < 4.78 is 5.41. The Bertz CT molecular complexity index is 392. The standard InChI is InChI=1S/C20H33NO2/c22-19(21-5-1-2-15-3-6-23-7-4-15)14-20-11-16-8-17(12-20)10-18(9-16)13-20/h15-18H,1-14H2,(H,21,22). The second-order valence-electron chi connectivity index (χ2n) is 9.14. The minimum absolute atomic E-state index is 0.332. The first kappa shape index (κ1) is 15.9. The molecule has 0 aromatic heterocycles. The molecule has 0 spiro atoms. The molecular weight excluding hydrogens is 286 g/mol. The van der Waals surface area contributed by atoms with E-state index in [2.05, 4.69) is 5.32 Å². The summed E-state index contributed by atoms with van der Waals surface area (Å²) in [6.45, 7) is 2.74. The molecule has 4 bridgehead atoms. The van der Waals surface area contributed by atoms with Crippen molar-refractivity contribution in [1.82, 2.24) is 5.32 Å². The SMILES string of the molecule is O=C(CC12CC3CC(CC(C3)C1)C2)NCCCC1CCOCC1. The van der Waals surface area contributed by atoms with E-state index in [-0.39, 0.29) is 0 Å². The lowest BCUT2D eigenvalue weighted by Gasteiger charge is -2.56. The van der Waals surface area contributed by atoms with Gasteiger partial charge in [0, 0.05) is 26.2 Å². The monoisotopic (exact) mass is 319 g/mol. The number of carbonyl (C=O) groups is 1. The summed E-state index contributed by atoms with van der Waals surface area (Å²) in [6.07, 6.45) is 14.0. The van der Waals surface area contributed by atoms with Crippen molar-refractivity contribution >= 4 is 5.91 Å². The highest BCUT2D eigenvalue weighted by molar-refractivity contribution is 5.76. The van der Waals surface area contributed by atoms with E-state index in [1.807, 2.05) is 0 Å². The van der Waals surface area contributed by atoms with Crippen LogP contribution in [-0.4, -0.2) is 25.7 Å². The molecular formula is C20H33NO2. The summed E-state index contributed by atoms with van der Waals surface area (Å²) >= 11 is 0. The van der Waals surface area contributed by atoms with Crippen molar-refractivity contribution in [2.24, 2.45) is 29.1 Å². The fourth-order valence-electron chi connectivity index (χ4n) is 6.56. The molecule has 1 N–H and O–H groups in total. The van der Waals surface area contributed by atoms with Crippen molar-refractivity contribution in [2.75, 3.05) is 19.8 Å². The third-order valence-corrected chi connectivity index (χ3v) is 7.15. The van der Waals surface area contributed by atoms with Crippen molar-refractivity contribution in [3.8, 4) is 0 Å². The van der Waals surface area contributed by atoms with Crippen LogP contribution in [0.2, 0.25) is 0 Å². The van der Waals surface area contributed by atoms with E-state index in [0.29, 0.717) is 11.3 Å². The maximum atomic E-state index is 12.4. The fraction of sp³-hybridized carbons (Fsp3) is 0.950. The minimum atomic E-state index is 0.332. The van der Waals surface area contributed by atoms with Gasteiger partial charge in [0.15, 0.2) is 0 Å². The van der Waals surface area contributed by atoms with Crippen LogP contribution in [0, 0.1) is 29.1 Å². The molecule has 1 saturated heterocycles. The first-order valence-corrected chi connectivity index (χ1v) is 10.1. The van der Waals surface area contributed by atoms with Crippen molar-refractivity contribution in [1.29, 1.82) is 0 Å². The summed E-state index contributed by atoms with van der Waals surface area (Å²) in [5.74, 6) is 4.00. The Labute approximate surface area is 140 Å². The van der Waals surface area contributed by atoms with E-state index in [1.165, 1.54) is 57.8 Å². The largest absolute Gasteiger partial charge is 0.381 e. The molecule has 1 aliphatic heterocycles. The van der Waals surface area contributed by atoms with Crippen LogP contribution < -0.4 is 5.32 Å². The molecule has 0 unspecified atom stereocenters. The first-order valence-electron chi connectivity index (χ1n) is 10.1. The normalized spacial score (nSPS) is 39.6. The Kier molecular flexibility index (Phi) is 4.67. The summed E-state index contributed by atoms with van der Waals surface area (Å²) in [6, 6.07) is 0. The van der Waals surface area contributed by atoms with Crippen LogP contribution in [0.4, 0.5) is 0 Å². The van der Waals surface area contributed by atoms with Crippen LogP contribution in [0.25, 0.3) is 0 Å². The van der Waals surface area contributed by atoms with Gasteiger partial charge in [-0.1, -0.05) is 0 Å². The lowest BCUT2D eigenvalue weighted by atomic mass is 9.49. The Hall–Kier alpha value is -0.570. The van der Waals surface area contributed by atoms with Gasteiger partial charge in [-0.25, -0.2) is 0 Å². The van der Waals surface area contributed by atoms with Gasteiger partial charge < -0.3 is 10.1 Å². The van der Waals surface area contributed by atoms with Gasteiger partial charge >= 0.3 is 0 Å². The number of hydrogen-bond donors (Lipinski definition) is 1. The maximum Gasteiger partial charge on any atom is 0.220 e. The molecule has 5 aliphatic rings. The molecule has 0 aromatic rings. The molecule has 130 valence electrons. The summed E-state index contributed by atoms with van der Waals surface area (Å²) in [4.78, 5) is 12.4. The van der Waals surface area contributed by atoms with Crippen LogP contribution >= 0.6 is 0 Å². The molecule has 5 fully saturated rings. The molecule has 3 heteroatoms. The summed E-state index contributed by atoms with van der Waals surface area (Å²) in [7, 11) is 0. The first-order chi connectivity index (χ1) is 11.2. The zero-order valence-corrected chi connectivity index (χ0v) is 14.5. The van der Waals surface area contributed by atoms with Crippen LogP contribution in [-0.2, 0) is 9.53 Å². The molecule has 0 radical (unpaired) electrons. The molecule has 0 aromatic carbocycles. The molecule has 4 aliphatic carbocycles. The molecule has 1 amide bonds. The molecule has 23 heavy (non-hydrogen) atoms. The van der Waals surface area contributed by atoms with Gasteiger partial charge in [-0.3, -0.25) is 4.79 Å². The van der Waals surface area contributed by atoms with Gasteiger partial charge in [0.25, 0.3) is 0 Å². The van der Waals surface area contributed by atoms with E-state index < -0.39 is 0 Å². The highest BCUT2D eigenvalue weighted by Crippen LogP contribution is 2.61. The van der Waals surface area contributed by atoms with E-state index in [0.717, 1.165) is 56.3 Å². The van der Waals surface area contributed by atoms with E-state index in [9.17, 15) is 4.79 Å². The Morgan fingerprint density at radius 1 is 1.00 bits per heavy atom. The zero-order chi connectivity index (χ0) is 15.7. The third-order valence-electron chi connectivity index (χ3n) is 7.15. The summed E-state index contributed by atoms with van der Waals surface area (Å²) in [5.41, 5.74) is 0.388. The minimum Gasteiger partial charge on any atom is -0.381 e. The van der Waals surface area contributed by atoms with Crippen molar-refractivity contribution in [3.63, 3.8) is 0 Å². The van der Waals surface area contributed by atoms with Crippen LogP contribution in [0.5, 0.6) is 0 Å². The molecule has 3 nitrogen and oxygen atoms in total. The van der Waals surface area contributed by atoms with Crippen LogP contribution in [0.15, 0.2) is 0 Å². The smallest absolute Gasteiger partial charge is 0.220 e. The number of nitrogens with one attached hydrogen (secondary N) is 1. The maximum absolute atomic E-state index is 12.4. The third kappa shape index (κ3) is 3.75. The van der Waals surface area contributed by atoms with Crippen LogP contribution in [0.1, 0.15) is 70.6 Å². The second kappa shape index (κ2) is 6.74. The summed E-state index contributed by atoms with van der Waals surface area (Å²) in [5, 5.41) is 3.23. The van der Waals surface area contributed by atoms with E-state index in [1.54, 1.807) is 0 Å². The lowest BCUT2D eigenvalue weighted by Crippen LogP contribution is -2.48. The quantitative estimate of drug-likeness (QED) is 0.754. The highest BCUT2D eigenvalue weighted by Gasteiger charge is 2.51. The topological polar surface area (TPSA) is 38.3 Å².